The van der Waals surface area contributed by atoms with Gasteiger partial charge in [0.05, 0.1) is 6.61 Å². The van der Waals surface area contributed by atoms with Crippen LogP contribution >= 0.6 is 0 Å². The van der Waals surface area contributed by atoms with Crippen molar-refractivity contribution in [3.63, 3.8) is 0 Å². The summed E-state index contributed by atoms with van der Waals surface area (Å²) in [5.41, 5.74) is 6.93. The maximum absolute atomic E-state index is 6.07. The zero-order chi connectivity index (χ0) is 22.7. The van der Waals surface area contributed by atoms with Crippen molar-refractivity contribution in [3.05, 3.63) is 106 Å². The molecule has 0 aromatic heterocycles. The highest BCUT2D eigenvalue weighted by Crippen LogP contribution is 2.39. The van der Waals surface area contributed by atoms with Crippen LogP contribution < -0.4 is 5.32 Å². The average Bonchev–Trinajstić information content (AvgIpc) is 2.78. The zero-order valence-electron chi connectivity index (χ0n) is 19.6. The highest BCUT2D eigenvalue weighted by atomic mass is 16.5. The van der Waals surface area contributed by atoms with E-state index >= 15 is 0 Å². The van der Waals surface area contributed by atoms with Crippen molar-refractivity contribution in [3.8, 4) is 0 Å². The van der Waals surface area contributed by atoms with Crippen LogP contribution in [0.5, 0.6) is 0 Å². The van der Waals surface area contributed by atoms with Gasteiger partial charge in [0, 0.05) is 16.7 Å². The van der Waals surface area contributed by atoms with E-state index in [9.17, 15) is 0 Å². The molecule has 32 heavy (non-hydrogen) atoms. The van der Waals surface area contributed by atoms with Gasteiger partial charge in [-0.05, 0) is 45.2 Å². The molecule has 0 spiro atoms. The zero-order valence-corrected chi connectivity index (χ0v) is 19.6. The van der Waals surface area contributed by atoms with Crippen molar-refractivity contribution in [1.82, 2.24) is 5.32 Å². The summed E-state index contributed by atoms with van der Waals surface area (Å²) in [7, 11) is 0. The first kappa shape index (κ1) is 21.8. The van der Waals surface area contributed by atoms with Gasteiger partial charge < -0.3 is 4.74 Å². The molecule has 0 aliphatic carbocycles. The van der Waals surface area contributed by atoms with Crippen LogP contribution in [0.4, 0.5) is 0 Å². The van der Waals surface area contributed by atoms with Crippen molar-refractivity contribution in [2.24, 2.45) is 9.98 Å². The minimum absolute atomic E-state index is 0.501. The molecule has 4 rings (SSSR count). The Balaban J connectivity index is 2.00. The molecule has 1 N–H and O–H groups in total. The van der Waals surface area contributed by atoms with Crippen LogP contribution in [-0.2, 0) is 10.4 Å². The Kier molecular flexibility index (Phi) is 6.13. The summed E-state index contributed by atoms with van der Waals surface area (Å²) in [5.74, 6) is 0.771. The highest BCUT2D eigenvalue weighted by Gasteiger charge is 2.39. The third kappa shape index (κ3) is 4.18. The van der Waals surface area contributed by atoms with Gasteiger partial charge in [-0.1, -0.05) is 84.8 Å². The summed E-state index contributed by atoms with van der Waals surface area (Å²) in [6.07, 6.45) is 0.901. The summed E-state index contributed by atoms with van der Waals surface area (Å²) in [6.45, 7) is 11.1. The Labute approximate surface area is 191 Å². The molecule has 1 atom stereocenters. The molecular weight excluding hydrogens is 394 g/mol. The molecule has 4 heteroatoms. The number of amidine groups is 2. The Hall–Kier alpha value is -3.40. The van der Waals surface area contributed by atoms with E-state index in [2.05, 4.69) is 88.5 Å². The summed E-state index contributed by atoms with van der Waals surface area (Å²) < 4.78 is 6.07. The third-order valence-corrected chi connectivity index (χ3v) is 5.78. The minimum Gasteiger partial charge on any atom is -0.465 e. The standard InChI is InChI=1S/C28H31N3O/c1-6-16-32-27-29-26(24-14-12-19(2)17-21(24)4)30-28(31-27,23-10-8-7-9-11-23)25-15-13-20(3)18-22(25)5/h7-15,17-18H,6,16H2,1-5H3,(H,29,30,31). The van der Waals surface area contributed by atoms with E-state index in [-0.39, 0.29) is 0 Å². The van der Waals surface area contributed by atoms with E-state index in [1.54, 1.807) is 0 Å². The first-order chi connectivity index (χ1) is 15.4. The lowest BCUT2D eigenvalue weighted by atomic mass is 9.87. The van der Waals surface area contributed by atoms with Gasteiger partial charge in [0.2, 0.25) is 5.66 Å². The third-order valence-electron chi connectivity index (χ3n) is 5.78. The number of benzene rings is 3. The van der Waals surface area contributed by atoms with E-state index in [4.69, 9.17) is 14.7 Å². The lowest BCUT2D eigenvalue weighted by Crippen LogP contribution is -2.43. The second-order valence-corrected chi connectivity index (χ2v) is 8.53. The summed E-state index contributed by atoms with van der Waals surface area (Å²) in [4.78, 5) is 10.4. The molecule has 3 aromatic rings. The minimum atomic E-state index is -0.931. The van der Waals surface area contributed by atoms with E-state index in [1.165, 1.54) is 11.1 Å². The average molecular weight is 426 g/mol. The van der Waals surface area contributed by atoms with Gasteiger partial charge in [0.25, 0.3) is 6.02 Å². The summed E-state index contributed by atoms with van der Waals surface area (Å²) in [6, 6.07) is 23.7. The maximum Gasteiger partial charge on any atom is 0.293 e. The van der Waals surface area contributed by atoms with Crippen molar-refractivity contribution in [2.75, 3.05) is 6.61 Å². The molecule has 1 aliphatic rings. The lowest BCUT2D eigenvalue weighted by Gasteiger charge is -2.34. The fourth-order valence-electron chi connectivity index (χ4n) is 4.25. The number of nitrogens with zero attached hydrogens (tertiary/aromatic N) is 2. The molecule has 1 heterocycles. The van der Waals surface area contributed by atoms with Gasteiger partial charge in [-0.3, -0.25) is 5.32 Å². The van der Waals surface area contributed by atoms with Gasteiger partial charge in [0.15, 0.2) is 0 Å². The molecule has 4 nitrogen and oxygen atoms in total. The Morgan fingerprint density at radius 3 is 2.16 bits per heavy atom. The predicted molar refractivity (Wildman–Crippen MR) is 132 cm³/mol. The van der Waals surface area contributed by atoms with Gasteiger partial charge in [-0.2, -0.15) is 4.99 Å². The molecule has 1 aliphatic heterocycles. The van der Waals surface area contributed by atoms with E-state index < -0.39 is 5.66 Å². The smallest absolute Gasteiger partial charge is 0.293 e. The van der Waals surface area contributed by atoms with Crippen LogP contribution in [0.3, 0.4) is 0 Å². The number of nitrogens with one attached hydrogen (secondary N) is 1. The number of aryl methyl sites for hydroxylation is 4. The van der Waals surface area contributed by atoms with E-state index in [1.807, 2.05) is 18.2 Å². The van der Waals surface area contributed by atoms with Crippen molar-refractivity contribution < 1.29 is 4.74 Å². The monoisotopic (exact) mass is 425 g/mol. The van der Waals surface area contributed by atoms with Crippen LogP contribution in [0, 0.1) is 27.7 Å². The lowest BCUT2D eigenvalue weighted by molar-refractivity contribution is 0.286. The van der Waals surface area contributed by atoms with Crippen LogP contribution in [0.1, 0.15) is 52.3 Å². The number of hydrogen-bond donors (Lipinski definition) is 1. The van der Waals surface area contributed by atoms with Gasteiger partial charge in [0.1, 0.15) is 5.84 Å². The second-order valence-electron chi connectivity index (χ2n) is 8.53. The largest absolute Gasteiger partial charge is 0.465 e. The summed E-state index contributed by atoms with van der Waals surface area (Å²) >= 11 is 0. The highest BCUT2D eigenvalue weighted by molar-refractivity contribution is 6.10. The van der Waals surface area contributed by atoms with Crippen molar-refractivity contribution in [1.29, 1.82) is 0 Å². The summed E-state index contributed by atoms with van der Waals surface area (Å²) in [5, 5.41) is 3.37. The van der Waals surface area contributed by atoms with E-state index in [0.29, 0.717) is 12.6 Å². The molecule has 0 saturated carbocycles. The number of aliphatic imine (C=N–C) groups is 2. The first-order valence-electron chi connectivity index (χ1n) is 11.2. The Morgan fingerprint density at radius 1 is 0.812 bits per heavy atom. The SMILES string of the molecule is CCCOC1=NC(c2ccccc2)(c2ccc(C)cc2C)N=C(c2ccc(C)cc2C)N1. The predicted octanol–water partition coefficient (Wildman–Crippen LogP) is 5.95. The quantitative estimate of drug-likeness (QED) is 0.549. The van der Waals surface area contributed by atoms with Crippen LogP contribution in [-0.4, -0.2) is 18.5 Å². The molecule has 0 radical (unpaired) electrons. The van der Waals surface area contributed by atoms with E-state index in [0.717, 1.165) is 40.1 Å². The van der Waals surface area contributed by atoms with Gasteiger partial charge in [-0.15, -0.1) is 0 Å². The molecule has 0 fully saturated rings. The molecule has 0 amide bonds. The first-order valence-corrected chi connectivity index (χ1v) is 11.2. The number of hydrogen-bond acceptors (Lipinski definition) is 4. The Morgan fingerprint density at radius 2 is 1.50 bits per heavy atom. The molecule has 0 saturated heterocycles. The second kappa shape index (κ2) is 8.99. The maximum atomic E-state index is 6.07. The molecule has 1 unspecified atom stereocenters. The molecule has 0 bridgehead atoms. The number of ether oxygens (including phenoxy) is 1. The fraction of sp³-hybridized carbons (Fsp3) is 0.286. The molecule has 3 aromatic carbocycles. The molecule has 164 valence electrons. The van der Waals surface area contributed by atoms with Crippen molar-refractivity contribution >= 4 is 11.9 Å². The van der Waals surface area contributed by atoms with Crippen molar-refractivity contribution in [2.45, 2.75) is 46.7 Å². The fourth-order valence-corrected chi connectivity index (χ4v) is 4.25. The normalized spacial score (nSPS) is 17.9. The van der Waals surface area contributed by atoms with Gasteiger partial charge in [-0.25, -0.2) is 4.99 Å². The van der Waals surface area contributed by atoms with Crippen LogP contribution in [0.25, 0.3) is 0 Å². The van der Waals surface area contributed by atoms with Gasteiger partial charge >= 0.3 is 0 Å². The molecular formula is C28H31N3O. The van der Waals surface area contributed by atoms with Crippen LogP contribution in [0.15, 0.2) is 76.7 Å². The van der Waals surface area contributed by atoms with Crippen LogP contribution in [0.2, 0.25) is 0 Å². The number of rotatable bonds is 5. The Bertz CT molecular complexity index is 1180. The topological polar surface area (TPSA) is 46.0 Å².